The number of halogens is 1. The second-order valence-electron chi connectivity index (χ2n) is 5.52. The average Bonchev–Trinajstić information content (AvgIpc) is 2.73. The molecule has 1 aromatic rings. The summed E-state index contributed by atoms with van der Waals surface area (Å²) in [5, 5.41) is 4.10. The van der Waals surface area contributed by atoms with Gasteiger partial charge in [-0.2, -0.15) is 0 Å². The summed E-state index contributed by atoms with van der Waals surface area (Å²) >= 11 is 5.94. The molecular weight excluding hydrogens is 272 g/mol. The molecule has 110 valence electrons. The molecular formula is C16H23ClN2O. The molecule has 1 saturated heterocycles. The van der Waals surface area contributed by atoms with Crippen molar-refractivity contribution in [3.63, 3.8) is 0 Å². The molecule has 2 atom stereocenters. The maximum absolute atomic E-state index is 12.4. The first-order valence-corrected chi connectivity index (χ1v) is 7.76. The van der Waals surface area contributed by atoms with E-state index in [4.69, 9.17) is 11.6 Å². The largest absolute Gasteiger partial charge is 0.321 e. The molecule has 20 heavy (non-hydrogen) atoms. The van der Waals surface area contributed by atoms with Gasteiger partial charge in [-0.05, 0) is 30.5 Å². The molecule has 1 heterocycles. The Balaban J connectivity index is 2.21. The topological polar surface area (TPSA) is 32.3 Å². The molecule has 4 heteroatoms. The van der Waals surface area contributed by atoms with Gasteiger partial charge < -0.3 is 4.90 Å². The molecule has 0 saturated carbocycles. The number of amides is 1. The van der Waals surface area contributed by atoms with Crippen molar-refractivity contribution in [2.24, 2.45) is 5.92 Å². The van der Waals surface area contributed by atoms with E-state index in [-0.39, 0.29) is 18.1 Å². The number of benzene rings is 1. The van der Waals surface area contributed by atoms with Crippen LogP contribution in [-0.4, -0.2) is 23.4 Å². The lowest BCUT2D eigenvalue weighted by Gasteiger charge is -2.28. The van der Waals surface area contributed by atoms with Crippen LogP contribution in [0.25, 0.3) is 0 Å². The maximum Gasteiger partial charge on any atom is 0.241 e. The minimum Gasteiger partial charge on any atom is -0.321 e. The smallest absolute Gasteiger partial charge is 0.241 e. The predicted octanol–water partition coefficient (Wildman–Crippen LogP) is 3.60. The number of carbonyl (C=O) groups is 1. The highest BCUT2D eigenvalue weighted by atomic mass is 35.5. The highest BCUT2D eigenvalue weighted by Gasteiger charge is 2.37. The average molecular weight is 295 g/mol. The van der Waals surface area contributed by atoms with Gasteiger partial charge in [-0.25, -0.2) is 0 Å². The van der Waals surface area contributed by atoms with Crippen LogP contribution < -0.4 is 5.32 Å². The first-order valence-electron chi connectivity index (χ1n) is 7.38. The van der Waals surface area contributed by atoms with Crippen molar-refractivity contribution in [2.75, 3.05) is 6.54 Å². The van der Waals surface area contributed by atoms with Gasteiger partial charge >= 0.3 is 0 Å². The fraction of sp³-hybridized carbons (Fsp3) is 0.562. The summed E-state index contributed by atoms with van der Waals surface area (Å²) in [5.41, 5.74) is 1.10. The normalized spacial score (nSPS) is 22.9. The number of nitrogens with one attached hydrogen (secondary N) is 1. The standard InChI is InChI=1S/C16H23ClN2O/c1-4-12(5-2)10-19-15(18-11(3)16(19)20)13-6-8-14(17)9-7-13/h6-9,11-12,15,18H,4-5,10H2,1-3H3. The van der Waals surface area contributed by atoms with Crippen LogP contribution in [-0.2, 0) is 4.79 Å². The van der Waals surface area contributed by atoms with Gasteiger partial charge in [0.2, 0.25) is 5.91 Å². The van der Waals surface area contributed by atoms with E-state index in [0.29, 0.717) is 5.92 Å². The molecule has 3 nitrogen and oxygen atoms in total. The van der Waals surface area contributed by atoms with Gasteiger partial charge in [-0.1, -0.05) is 50.4 Å². The molecule has 0 radical (unpaired) electrons. The Morgan fingerprint density at radius 1 is 1.25 bits per heavy atom. The first kappa shape index (κ1) is 15.3. The van der Waals surface area contributed by atoms with Crippen molar-refractivity contribution in [3.05, 3.63) is 34.9 Å². The summed E-state index contributed by atoms with van der Waals surface area (Å²) in [5.74, 6) is 0.748. The Labute approximate surface area is 126 Å². The Kier molecular flexibility index (Phi) is 5.06. The molecule has 1 fully saturated rings. The number of carbonyl (C=O) groups excluding carboxylic acids is 1. The van der Waals surface area contributed by atoms with Crippen molar-refractivity contribution in [3.8, 4) is 0 Å². The lowest BCUT2D eigenvalue weighted by molar-refractivity contribution is -0.130. The van der Waals surface area contributed by atoms with Crippen LogP contribution in [0.15, 0.2) is 24.3 Å². The summed E-state index contributed by atoms with van der Waals surface area (Å²) in [6.45, 7) is 7.11. The van der Waals surface area contributed by atoms with E-state index < -0.39 is 0 Å². The lowest BCUT2D eigenvalue weighted by atomic mass is 10.0. The summed E-state index contributed by atoms with van der Waals surface area (Å²) in [7, 11) is 0. The number of rotatable bonds is 5. The minimum atomic E-state index is -0.120. The van der Waals surface area contributed by atoms with E-state index in [9.17, 15) is 4.79 Å². The molecule has 0 bridgehead atoms. The molecule has 1 aliphatic rings. The molecule has 2 rings (SSSR count). The fourth-order valence-electron chi connectivity index (χ4n) is 2.72. The molecule has 0 spiro atoms. The summed E-state index contributed by atoms with van der Waals surface area (Å²) < 4.78 is 0. The van der Waals surface area contributed by atoms with Gasteiger partial charge in [0.1, 0.15) is 6.17 Å². The van der Waals surface area contributed by atoms with Gasteiger partial charge in [0.15, 0.2) is 0 Å². The molecule has 1 N–H and O–H groups in total. The summed E-state index contributed by atoms with van der Waals surface area (Å²) in [4.78, 5) is 14.3. The fourth-order valence-corrected chi connectivity index (χ4v) is 2.84. The van der Waals surface area contributed by atoms with E-state index in [1.807, 2.05) is 36.1 Å². The molecule has 0 aromatic heterocycles. The highest BCUT2D eigenvalue weighted by Crippen LogP contribution is 2.28. The Morgan fingerprint density at radius 3 is 2.40 bits per heavy atom. The first-order chi connectivity index (χ1) is 9.56. The van der Waals surface area contributed by atoms with Gasteiger partial charge in [-0.15, -0.1) is 0 Å². The van der Waals surface area contributed by atoms with Gasteiger partial charge in [0.05, 0.1) is 6.04 Å². The third-order valence-electron chi connectivity index (χ3n) is 4.17. The SMILES string of the molecule is CCC(CC)CN1C(=O)C(C)NC1c1ccc(Cl)cc1. The van der Waals surface area contributed by atoms with Crippen LogP contribution in [0, 0.1) is 5.92 Å². The van der Waals surface area contributed by atoms with Crippen molar-refractivity contribution in [2.45, 2.75) is 45.8 Å². The Hall–Kier alpha value is -1.06. The van der Waals surface area contributed by atoms with E-state index in [2.05, 4.69) is 19.2 Å². The monoisotopic (exact) mass is 294 g/mol. The molecule has 0 aliphatic carbocycles. The van der Waals surface area contributed by atoms with E-state index in [1.54, 1.807) is 0 Å². The van der Waals surface area contributed by atoms with Crippen molar-refractivity contribution in [1.82, 2.24) is 10.2 Å². The third-order valence-corrected chi connectivity index (χ3v) is 4.42. The lowest BCUT2D eigenvalue weighted by Crippen LogP contribution is -2.34. The zero-order valence-electron chi connectivity index (χ0n) is 12.4. The van der Waals surface area contributed by atoms with Gasteiger partial charge in [0, 0.05) is 11.6 Å². The van der Waals surface area contributed by atoms with Crippen LogP contribution in [0.4, 0.5) is 0 Å². The quantitative estimate of drug-likeness (QED) is 0.900. The van der Waals surface area contributed by atoms with E-state index in [0.717, 1.165) is 30.0 Å². The summed E-state index contributed by atoms with van der Waals surface area (Å²) in [6.07, 6.45) is 2.17. The van der Waals surface area contributed by atoms with E-state index >= 15 is 0 Å². The van der Waals surface area contributed by atoms with Crippen LogP contribution in [0.3, 0.4) is 0 Å². The molecule has 1 amide bonds. The zero-order valence-corrected chi connectivity index (χ0v) is 13.2. The number of nitrogens with zero attached hydrogens (tertiary/aromatic N) is 1. The van der Waals surface area contributed by atoms with E-state index in [1.165, 1.54) is 0 Å². The molecule has 1 aliphatic heterocycles. The van der Waals surface area contributed by atoms with Crippen LogP contribution in [0.5, 0.6) is 0 Å². The molecule has 1 aromatic carbocycles. The molecule has 2 unspecified atom stereocenters. The Morgan fingerprint density at radius 2 is 1.85 bits per heavy atom. The zero-order chi connectivity index (χ0) is 14.7. The Bertz CT molecular complexity index is 456. The van der Waals surface area contributed by atoms with Crippen molar-refractivity contribution >= 4 is 17.5 Å². The van der Waals surface area contributed by atoms with Crippen LogP contribution in [0.2, 0.25) is 5.02 Å². The second kappa shape index (κ2) is 6.59. The van der Waals surface area contributed by atoms with Crippen molar-refractivity contribution in [1.29, 1.82) is 0 Å². The third kappa shape index (κ3) is 3.15. The summed E-state index contributed by atoms with van der Waals surface area (Å²) in [6, 6.07) is 7.61. The number of hydrogen-bond donors (Lipinski definition) is 1. The predicted molar refractivity (Wildman–Crippen MR) is 82.6 cm³/mol. The van der Waals surface area contributed by atoms with Crippen LogP contribution >= 0.6 is 11.6 Å². The highest BCUT2D eigenvalue weighted by molar-refractivity contribution is 6.30. The van der Waals surface area contributed by atoms with Gasteiger partial charge in [0.25, 0.3) is 0 Å². The number of hydrogen-bond acceptors (Lipinski definition) is 2. The minimum absolute atomic E-state index is 0.0321. The van der Waals surface area contributed by atoms with Crippen LogP contribution in [0.1, 0.15) is 45.3 Å². The maximum atomic E-state index is 12.4. The second-order valence-corrected chi connectivity index (χ2v) is 5.95. The van der Waals surface area contributed by atoms with Gasteiger partial charge in [-0.3, -0.25) is 10.1 Å². The van der Waals surface area contributed by atoms with Crippen molar-refractivity contribution < 1.29 is 4.79 Å².